The lowest BCUT2D eigenvalue weighted by Gasteiger charge is -2.16. The van der Waals surface area contributed by atoms with E-state index in [4.69, 9.17) is 5.26 Å². The van der Waals surface area contributed by atoms with E-state index in [1.807, 2.05) is 13.8 Å². The van der Waals surface area contributed by atoms with Crippen LogP contribution in [0.3, 0.4) is 0 Å². The molecule has 0 aliphatic heterocycles. The first-order valence-electron chi connectivity index (χ1n) is 9.52. The number of carbonyl (C=O) groups excluding carboxylic acids is 1. The maximum absolute atomic E-state index is 12.3. The predicted octanol–water partition coefficient (Wildman–Crippen LogP) is 3.48. The van der Waals surface area contributed by atoms with Crippen molar-refractivity contribution < 1.29 is 4.79 Å². The number of nitrogens with zero attached hydrogens (tertiary/aromatic N) is 4. The summed E-state index contributed by atoms with van der Waals surface area (Å²) in [5.74, 6) is 0.644. The van der Waals surface area contributed by atoms with Gasteiger partial charge in [0.15, 0.2) is 5.65 Å². The number of nitrogens with one attached hydrogen (secondary N) is 1. The predicted molar refractivity (Wildman–Crippen MR) is 102 cm³/mol. The summed E-state index contributed by atoms with van der Waals surface area (Å²) in [5.41, 5.74) is 3.87. The Morgan fingerprint density at radius 1 is 1.38 bits per heavy atom. The minimum atomic E-state index is 0.0806. The molecule has 0 radical (unpaired) electrons. The van der Waals surface area contributed by atoms with E-state index in [0.717, 1.165) is 29.9 Å². The number of unbranched alkanes of at least 4 members (excludes halogenated alkanes) is 1. The Bertz CT molecular complexity index is 803. The lowest BCUT2D eigenvalue weighted by Crippen LogP contribution is -2.29. The van der Waals surface area contributed by atoms with Gasteiger partial charge >= 0.3 is 0 Å². The molecule has 0 aliphatic carbocycles. The molecule has 140 valence electrons. The third kappa shape index (κ3) is 4.60. The number of amides is 1. The number of aromatic nitrogens is 3. The van der Waals surface area contributed by atoms with Gasteiger partial charge in [-0.25, -0.2) is 9.50 Å². The molecular formula is C20H29N5O. The number of hydrogen-bond donors (Lipinski definition) is 1. The van der Waals surface area contributed by atoms with Gasteiger partial charge in [-0.3, -0.25) is 4.79 Å². The molecule has 2 aromatic heterocycles. The van der Waals surface area contributed by atoms with Crippen molar-refractivity contribution in [3.05, 3.63) is 28.7 Å². The van der Waals surface area contributed by atoms with E-state index in [1.165, 1.54) is 25.5 Å². The Balaban J connectivity index is 1.99. The summed E-state index contributed by atoms with van der Waals surface area (Å²) >= 11 is 0. The zero-order valence-corrected chi connectivity index (χ0v) is 16.3. The molecule has 2 heterocycles. The summed E-state index contributed by atoms with van der Waals surface area (Å²) in [5, 5.41) is 16.5. The molecule has 1 unspecified atom stereocenters. The van der Waals surface area contributed by atoms with Crippen molar-refractivity contribution in [1.29, 1.82) is 5.26 Å². The first-order chi connectivity index (χ1) is 12.5. The number of nitriles is 1. The maximum atomic E-state index is 12.3. The summed E-state index contributed by atoms with van der Waals surface area (Å²) in [6.45, 7) is 9.02. The molecule has 1 atom stereocenters. The highest BCUT2D eigenvalue weighted by molar-refractivity contribution is 5.76. The Morgan fingerprint density at radius 3 is 2.81 bits per heavy atom. The summed E-state index contributed by atoms with van der Waals surface area (Å²) in [4.78, 5) is 16.8. The van der Waals surface area contributed by atoms with Crippen LogP contribution >= 0.6 is 0 Å². The van der Waals surface area contributed by atoms with Gasteiger partial charge in [-0.05, 0) is 38.2 Å². The Morgan fingerprint density at radius 2 is 2.15 bits per heavy atom. The normalized spacial score (nSPS) is 12.1. The van der Waals surface area contributed by atoms with Gasteiger partial charge < -0.3 is 5.32 Å². The SMILES string of the molecule is CCCCC(CC)CNC(=O)CCc1c(C)nc2c(C#N)cnn2c1C. The monoisotopic (exact) mass is 355 g/mol. The fourth-order valence-electron chi connectivity index (χ4n) is 3.28. The summed E-state index contributed by atoms with van der Waals surface area (Å²) in [7, 11) is 0. The number of fused-ring (bicyclic) bond motifs is 1. The zero-order valence-electron chi connectivity index (χ0n) is 16.3. The van der Waals surface area contributed by atoms with Crippen LogP contribution in [0.2, 0.25) is 0 Å². The van der Waals surface area contributed by atoms with Gasteiger partial charge in [-0.1, -0.05) is 33.1 Å². The van der Waals surface area contributed by atoms with Crippen LogP contribution < -0.4 is 5.32 Å². The zero-order chi connectivity index (χ0) is 19.1. The van der Waals surface area contributed by atoms with Gasteiger partial charge in [0.2, 0.25) is 5.91 Å². The van der Waals surface area contributed by atoms with Crippen LogP contribution in [0.5, 0.6) is 0 Å². The van der Waals surface area contributed by atoms with E-state index in [-0.39, 0.29) is 5.91 Å². The molecule has 6 heteroatoms. The third-order valence-electron chi connectivity index (χ3n) is 5.06. The lowest BCUT2D eigenvalue weighted by atomic mass is 9.99. The number of rotatable bonds is 9. The number of aryl methyl sites for hydroxylation is 2. The van der Waals surface area contributed by atoms with Crippen LogP contribution in [0.25, 0.3) is 5.65 Å². The molecule has 0 saturated heterocycles. The fourth-order valence-corrected chi connectivity index (χ4v) is 3.28. The second-order valence-electron chi connectivity index (χ2n) is 6.89. The second-order valence-corrected chi connectivity index (χ2v) is 6.89. The van der Waals surface area contributed by atoms with E-state index in [0.29, 0.717) is 30.0 Å². The lowest BCUT2D eigenvalue weighted by molar-refractivity contribution is -0.121. The minimum Gasteiger partial charge on any atom is -0.356 e. The highest BCUT2D eigenvalue weighted by Crippen LogP contribution is 2.18. The van der Waals surface area contributed by atoms with Gasteiger partial charge in [-0.2, -0.15) is 10.4 Å². The molecule has 0 aromatic carbocycles. The van der Waals surface area contributed by atoms with E-state index < -0.39 is 0 Å². The third-order valence-corrected chi connectivity index (χ3v) is 5.06. The van der Waals surface area contributed by atoms with Gasteiger partial charge in [-0.15, -0.1) is 0 Å². The van der Waals surface area contributed by atoms with Gasteiger partial charge in [0.25, 0.3) is 0 Å². The van der Waals surface area contributed by atoms with E-state index in [1.54, 1.807) is 4.52 Å². The highest BCUT2D eigenvalue weighted by Gasteiger charge is 2.15. The molecule has 2 rings (SSSR count). The van der Waals surface area contributed by atoms with Crippen molar-refractivity contribution in [3.63, 3.8) is 0 Å². The topological polar surface area (TPSA) is 83.1 Å². The van der Waals surface area contributed by atoms with Gasteiger partial charge in [0, 0.05) is 24.4 Å². The molecule has 6 nitrogen and oxygen atoms in total. The van der Waals surface area contributed by atoms with E-state index >= 15 is 0 Å². The van der Waals surface area contributed by atoms with Crippen molar-refractivity contribution >= 4 is 11.6 Å². The first kappa shape index (κ1) is 19.9. The standard InChI is InChI=1S/C20H29N5O/c1-5-7-8-16(6-2)12-22-19(26)10-9-18-14(3)24-20-17(11-21)13-23-25(20)15(18)4/h13,16H,5-10,12H2,1-4H3,(H,22,26). The van der Waals surface area contributed by atoms with Crippen LogP contribution in [0.1, 0.15) is 68.5 Å². The molecular weight excluding hydrogens is 326 g/mol. The van der Waals surface area contributed by atoms with Crippen LogP contribution in [-0.2, 0) is 11.2 Å². The average Bonchev–Trinajstić information content (AvgIpc) is 3.04. The summed E-state index contributed by atoms with van der Waals surface area (Å²) in [6.07, 6.45) is 7.27. The molecule has 0 spiro atoms. The van der Waals surface area contributed by atoms with Crippen LogP contribution in [0, 0.1) is 31.1 Å². The van der Waals surface area contributed by atoms with Crippen molar-refractivity contribution in [2.45, 2.75) is 66.2 Å². The van der Waals surface area contributed by atoms with E-state index in [9.17, 15) is 4.79 Å². The summed E-state index contributed by atoms with van der Waals surface area (Å²) < 4.78 is 1.69. The van der Waals surface area contributed by atoms with E-state index in [2.05, 4.69) is 35.3 Å². The molecule has 0 fully saturated rings. The van der Waals surface area contributed by atoms with Crippen molar-refractivity contribution in [3.8, 4) is 6.07 Å². The quantitative estimate of drug-likeness (QED) is 0.746. The Kier molecular flexibility index (Phi) is 7.14. The fraction of sp³-hybridized carbons (Fsp3) is 0.600. The molecule has 2 aromatic rings. The molecule has 0 aliphatic rings. The van der Waals surface area contributed by atoms with Crippen LogP contribution in [-0.4, -0.2) is 27.0 Å². The number of hydrogen-bond acceptors (Lipinski definition) is 4. The molecule has 26 heavy (non-hydrogen) atoms. The van der Waals surface area contributed by atoms with Crippen LogP contribution in [0.4, 0.5) is 0 Å². The molecule has 0 saturated carbocycles. The smallest absolute Gasteiger partial charge is 0.220 e. The maximum Gasteiger partial charge on any atom is 0.220 e. The highest BCUT2D eigenvalue weighted by atomic mass is 16.1. The van der Waals surface area contributed by atoms with Gasteiger partial charge in [0.05, 0.1) is 6.20 Å². The molecule has 1 amide bonds. The Labute approximate surface area is 155 Å². The van der Waals surface area contributed by atoms with Crippen molar-refractivity contribution in [1.82, 2.24) is 19.9 Å². The molecule has 1 N–H and O–H groups in total. The second kappa shape index (κ2) is 9.33. The molecule has 0 bridgehead atoms. The van der Waals surface area contributed by atoms with Crippen molar-refractivity contribution in [2.75, 3.05) is 6.54 Å². The Hall–Kier alpha value is -2.42. The summed E-state index contributed by atoms with van der Waals surface area (Å²) in [6, 6.07) is 2.11. The number of carbonyl (C=O) groups is 1. The first-order valence-corrected chi connectivity index (χ1v) is 9.52. The van der Waals surface area contributed by atoms with Crippen molar-refractivity contribution in [2.24, 2.45) is 5.92 Å². The average molecular weight is 355 g/mol. The van der Waals surface area contributed by atoms with Gasteiger partial charge in [0.1, 0.15) is 11.6 Å². The largest absolute Gasteiger partial charge is 0.356 e. The minimum absolute atomic E-state index is 0.0806. The van der Waals surface area contributed by atoms with Crippen LogP contribution in [0.15, 0.2) is 6.20 Å².